The zero-order valence-electron chi connectivity index (χ0n) is 9.73. The molecule has 0 saturated heterocycles. The molecule has 0 amide bonds. The van der Waals surface area contributed by atoms with E-state index in [2.05, 4.69) is 19.7 Å². The summed E-state index contributed by atoms with van der Waals surface area (Å²) in [7, 11) is 0. The number of aromatic nitrogens is 3. The molecule has 0 aliphatic heterocycles. The number of nitrogens with two attached hydrogens (primary N) is 1. The van der Waals surface area contributed by atoms with Crippen LogP contribution in [-0.2, 0) is 6.54 Å². The smallest absolute Gasteiger partial charge is 0.197 e. The Morgan fingerprint density at radius 3 is 3.06 bits per heavy atom. The Morgan fingerprint density at radius 1 is 1.59 bits per heavy atom. The molecule has 0 unspecified atom stereocenters. The van der Waals surface area contributed by atoms with Crippen LogP contribution in [0.5, 0.6) is 5.75 Å². The van der Waals surface area contributed by atoms with Crippen LogP contribution < -0.4 is 15.8 Å². The standard InChI is InChI=1S/C10H15N5OS/c1-6(2)16-8-9(11)15-17-10(8)14-5-7-12-3-4-13-7/h3-4,6,14H,5H2,1-2H3,(H2,11,15)(H,12,13). The van der Waals surface area contributed by atoms with Crippen LogP contribution in [0.15, 0.2) is 12.4 Å². The highest BCUT2D eigenvalue weighted by molar-refractivity contribution is 7.11. The fourth-order valence-corrected chi connectivity index (χ4v) is 1.96. The quantitative estimate of drug-likeness (QED) is 0.756. The van der Waals surface area contributed by atoms with Crippen molar-refractivity contribution >= 4 is 22.4 Å². The predicted molar refractivity (Wildman–Crippen MR) is 68.2 cm³/mol. The zero-order chi connectivity index (χ0) is 12.3. The molecule has 2 rings (SSSR count). The lowest BCUT2D eigenvalue weighted by atomic mass is 10.4. The first kappa shape index (κ1) is 11.7. The summed E-state index contributed by atoms with van der Waals surface area (Å²) in [6.45, 7) is 4.49. The first-order valence-electron chi connectivity index (χ1n) is 5.30. The molecule has 0 aliphatic rings. The van der Waals surface area contributed by atoms with E-state index in [0.717, 1.165) is 10.8 Å². The van der Waals surface area contributed by atoms with Gasteiger partial charge in [0.05, 0.1) is 12.6 Å². The van der Waals surface area contributed by atoms with Crippen LogP contribution in [-0.4, -0.2) is 20.4 Å². The Bertz CT molecular complexity index is 465. The Morgan fingerprint density at radius 2 is 2.41 bits per heavy atom. The molecule has 0 fully saturated rings. The summed E-state index contributed by atoms with van der Waals surface area (Å²) < 4.78 is 9.69. The van der Waals surface area contributed by atoms with E-state index in [9.17, 15) is 0 Å². The number of aromatic amines is 1. The van der Waals surface area contributed by atoms with Gasteiger partial charge in [-0.2, -0.15) is 4.37 Å². The summed E-state index contributed by atoms with van der Waals surface area (Å²) in [5, 5.41) is 4.03. The normalized spacial score (nSPS) is 10.8. The number of nitrogens with one attached hydrogen (secondary N) is 2. The molecule has 92 valence electrons. The minimum atomic E-state index is 0.0675. The first-order chi connectivity index (χ1) is 8.16. The van der Waals surface area contributed by atoms with Crippen molar-refractivity contribution in [3.05, 3.63) is 18.2 Å². The van der Waals surface area contributed by atoms with Gasteiger partial charge in [0.2, 0.25) is 0 Å². The molecule has 2 aromatic rings. The van der Waals surface area contributed by atoms with E-state index in [-0.39, 0.29) is 6.10 Å². The highest BCUT2D eigenvalue weighted by atomic mass is 32.1. The van der Waals surface area contributed by atoms with Crippen LogP contribution in [0.25, 0.3) is 0 Å². The lowest BCUT2D eigenvalue weighted by Gasteiger charge is -2.11. The molecule has 2 aromatic heterocycles. The van der Waals surface area contributed by atoms with Gasteiger partial charge in [-0.05, 0) is 25.4 Å². The predicted octanol–water partition coefficient (Wildman–Crippen LogP) is 1.85. The van der Waals surface area contributed by atoms with Gasteiger partial charge in [0.15, 0.2) is 16.6 Å². The van der Waals surface area contributed by atoms with E-state index < -0.39 is 0 Å². The lowest BCUT2D eigenvalue weighted by Crippen LogP contribution is -2.09. The molecular weight excluding hydrogens is 238 g/mol. The number of H-pyrrole nitrogens is 1. The second kappa shape index (κ2) is 5.05. The van der Waals surface area contributed by atoms with Crippen LogP contribution in [0.1, 0.15) is 19.7 Å². The third-order valence-electron chi connectivity index (χ3n) is 2.00. The lowest BCUT2D eigenvalue weighted by molar-refractivity contribution is 0.245. The summed E-state index contributed by atoms with van der Waals surface area (Å²) in [6, 6.07) is 0. The third-order valence-corrected chi connectivity index (χ3v) is 2.80. The summed E-state index contributed by atoms with van der Waals surface area (Å²) >= 11 is 1.29. The maximum Gasteiger partial charge on any atom is 0.197 e. The fraction of sp³-hybridized carbons (Fsp3) is 0.400. The zero-order valence-corrected chi connectivity index (χ0v) is 10.5. The van der Waals surface area contributed by atoms with Crippen LogP contribution in [0.4, 0.5) is 10.8 Å². The van der Waals surface area contributed by atoms with E-state index in [1.807, 2.05) is 13.8 Å². The van der Waals surface area contributed by atoms with E-state index in [4.69, 9.17) is 10.5 Å². The van der Waals surface area contributed by atoms with Crippen molar-refractivity contribution in [2.75, 3.05) is 11.1 Å². The molecule has 0 aromatic carbocycles. The van der Waals surface area contributed by atoms with Gasteiger partial charge in [0, 0.05) is 12.4 Å². The number of hydrogen-bond donors (Lipinski definition) is 3. The van der Waals surface area contributed by atoms with Gasteiger partial charge < -0.3 is 20.8 Å². The largest absolute Gasteiger partial charge is 0.484 e. The van der Waals surface area contributed by atoms with Gasteiger partial charge in [0.25, 0.3) is 0 Å². The molecule has 0 aliphatic carbocycles. The SMILES string of the molecule is CC(C)Oc1c(N)nsc1NCc1ncc[nH]1. The number of nitrogen functional groups attached to an aromatic ring is 1. The minimum absolute atomic E-state index is 0.0675. The maximum absolute atomic E-state index is 5.75. The van der Waals surface area contributed by atoms with Gasteiger partial charge >= 0.3 is 0 Å². The minimum Gasteiger partial charge on any atom is -0.484 e. The van der Waals surface area contributed by atoms with E-state index >= 15 is 0 Å². The molecule has 6 nitrogen and oxygen atoms in total. The summed E-state index contributed by atoms with van der Waals surface area (Å²) in [4.78, 5) is 7.14. The number of rotatable bonds is 5. The van der Waals surface area contributed by atoms with Gasteiger partial charge in [-0.3, -0.25) is 0 Å². The van der Waals surface area contributed by atoms with Crippen molar-refractivity contribution in [3.63, 3.8) is 0 Å². The molecule has 7 heteroatoms. The Kier molecular flexibility index (Phi) is 3.48. The molecule has 0 radical (unpaired) electrons. The van der Waals surface area contributed by atoms with Crippen LogP contribution in [0.2, 0.25) is 0 Å². The third kappa shape index (κ3) is 2.88. The Hall–Kier alpha value is -1.76. The molecule has 0 saturated carbocycles. The summed E-state index contributed by atoms with van der Waals surface area (Å²) in [5.41, 5.74) is 5.75. The van der Waals surface area contributed by atoms with Gasteiger partial charge in [-0.1, -0.05) is 0 Å². The van der Waals surface area contributed by atoms with Gasteiger partial charge in [-0.15, -0.1) is 0 Å². The van der Waals surface area contributed by atoms with E-state index in [1.54, 1.807) is 12.4 Å². The molecule has 17 heavy (non-hydrogen) atoms. The molecule has 0 spiro atoms. The second-order valence-corrected chi connectivity index (χ2v) is 4.56. The molecule has 4 N–H and O–H groups in total. The van der Waals surface area contributed by atoms with E-state index in [0.29, 0.717) is 18.1 Å². The van der Waals surface area contributed by atoms with Crippen molar-refractivity contribution in [1.29, 1.82) is 0 Å². The molecule has 0 bridgehead atoms. The number of hydrogen-bond acceptors (Lipinski definition) is 6. The van der Waals surface area contributed by atoms with Crippen LogP contribution in [0.3, 0.4) is 0 Å². The van der Waals surface area contributed by atoms with Gasteiger partial charge in [-0.25, -0.2) is 4.98 Å². The highest BCUT2D eigenvalue weighted by Gasteiger charge is 2.14. The summed E-state index contributed by atoms with van der Waals surface area (Å²) in [5.74, 6) is 1.90. The second-order valence-electron chi connectivity index (χ2n) is 3.78. The highest BCUT2D eigenvalue weighted by Crippen LogP contribution is 2.35. The average molecular weight is 253 g/mol. The van der Waals surface area contributed by atoms with Crippen LogP contribution >= 0.6 is 11.5 Å². The van der Waals surface area contributed by atoms with Crippen LogP contribution in [0, 0.1) is 0 Å². The van der Waals surface area contributed by atoms with Gasteiger partial charge in [0.1, 0.15) is 5.82 Å². The van der Waals surface area contributed by atoms with E-state index in [1.165, 1.54) is 11.5 Å². The topological polar surface area (TPSA) is 88.8 Å². The van der Waals surface area contributed by atoms with Crippen molar-refractivity contribution in [2.45, 2.75) is 26.5 Å². The summed E-state index contributed by atoms with van der Waals surface area (Å²) in [6.07, 6.45) is 3.56. The molecular formula is C10H15N5OS. The molecule has 2 heterocycles. The van der Waals surface area contributed by atoms with Crippen molar-refractivity contribution in [2.24, 2.45) is 0 Å². The first-order valence-corrected chi connectivity index (χ1v) is 6.08. The monoisotopic (exact) mass is 253 g/mol. The Labute approximate surface area is 103 Å². The van der Waals surface area contributed by atoms with Crippen molar-refractivity contribution < 1.29 is 4.74 Å². The Balaban J connectivity index is 2.05. The number of anilines is 2. The number of nitrogens with zero attached hydrogens (tertiary/aromatic N) is 2. The van der Waals surface area contributed by atoms with Crippen molar-refractivity contribution in [3.8, 4) is 5.75 Å². The number of imidazole rings is 1. The van der Waals surface area contributed by atoms with Crippen molar-refractivity contribution in [1.82, 2.24) is 14.3 Å². The average Bonchev–Trinajstić information content (AvgIpc) is 2.88. The molecule has 0 atom stereocenters. The maximum atomic E-state index is 5.75. The number of ether oxygens (including phenoxy) is 1. The fourth-order valence-electron chi connectivity index (χ4n) is 1.31.